The van der Waals surface area contributed by atoms with Gasteiger partial charge in [-0.3, -0.25) is 4.79 Å². The molecular weight excluding hydrogens is 322 g/mol. The van der Waals surface area contributed by atoms with Crippen LogP contribution in [-0.4, -0.2) is 12.5 Å². The van der Waals surface area contributed by atoms with Crippen LogP contribution in [0.3, 0.4) is 0 Å². The molecule has 0 heterocycles. The molecule has 140 valence electrons. The molecule has 0 aliphatic heterocycles. The number of amides is 1. The van der Waals surface area contributed by atoms with Crippen molar-refractivity contribution < 1.29 is 9.53 Å². The van der Waals surface area contributed by atoms with E-state index in [9.17, 15) is 4.79 Å². The number of benzene rings is 2. The Bertz CT molecular complexity index is 622. The van der Waals surface area contributed by atoms with E-state index in [1.165, 1.54) is 24.8 Å². The third-order valence-corrected chi connectivity index (χ3v) is 4.37. The van der Waals surface area contributed by atoms with Crippen LogP contribution in [-0.2, 0) is 11.2 Å². The highest BCUT2D eigenvalue weighted by Gasteiger charge is 2.03. The van der Waals surface area contributed by atoms with Gasteiger partial charge in [-0.1, -0.05) is 62.9 Å². The zero-order valence-electron chi connectivity index (χ0n) is 15.9. The predicted molar refractivity (Wildman–Crippen MR) is 109 cm³/mol. The SMILES string of the molecule is CCCCCCCC(=O)Nc1ccc(OCCCc2ccccc2)cc1. The summed E-state index contributed by atoms with van der Waals surface area (Å²) in [5.41, 5.74) is 2.17. The van der Waals surface area contributed by atoms with E-state index < -0.39 is 0 Å². The van der Waals surface area contributed by atoms with Gasteiger partial charge in [0.1, 0.15) is 5.75 Å². The molecular formula is C23H31NO2. The fourth-order valence-electron chi connectivity index (χ4n) is 2.86. The van der Waals surface area contributed by atoms with Gasteiger partial charge >= 0.3 is 0 Å². The molecule has 0 fully saturated rings. The van der Waals surface area contributed by atoms with E-state index >= 15 is 0 Å². The third-order valence-electron chi connectivity index (χ3n) is 4.37. The van der Waals surface area contributed by atoms with Crippen molar-refractivity contribution in [2.45, 2.75) is 58.3 Å². The van der Waals surface area contributed by atoms with Crippen LogP contribution in [0.5, 0.6) is 5.75 Å². The second kappa shape index (κ2) is 12.1. The lowest BCUT2D eigenvalue weighted by Gasteiger charge is -2.08. The monoisotopic (exact) mass is 353 g/mol. The highest BCUT2D eigenvalue weighted by Crippen LogP contribution is 2.17. The Labute approximate surface area is 157 Å². The number of hydrogen-bond acceptors (Lipinski definition) is 2. The van der Waals surface area contributed by atoms with E-state index in [1.54, 1.807) is 0 Å². The molecule has 0 aliphatic carbocycles. The number of unbranched alkanes of at least 4 members (excludes halogenated alkanes) is 4. The first kappa shape index (κ1) is 20.0. The normalized spacial score (nSPS) is 10.5. The molecule has 1 amide bonds. The summed E-state index contributed by atoms with van der Waals surface area (Å²) in [5, 5.41) is 2.95. The van der Waals surface area contributed by atoms with Crippen LogP contribution >= 0.6 is 0 Å². The van der Waals surface area contributed by atoms with Gasteiger partial charge < -0.3 is 10.1 Å². The van der Waals surface area contributed by atoms with Crippen molar-refractivity contribution in [2.24, 2.45) is 0 Å². The van der Waals surface area contributed by atoms with Gasteiger partial charge in [-0.25, -0.2) is 0 Å². The highest BCUT2D eigenvalue weighted by atomic mass is 16.5. The molecule has 0 unspecified atom stereocenters. The summed E-state index contributed by atoms with van der Waals surface area (Å²) in [4.78, 5) is 11.9. The number of carbonyl (C=O) groups is 1. The fourth-order valence-corrected chi connectivity index (χ4v) is 2.86. The van der Waals surface area contributed by atoms with Crippen molar-refractivity contribution in [2.75, 3.05) is 11.9 Å². The molecule has 1 N–H and O–H groups in total. The van der Waals surface area contributed by atoms with Gasteiger partial charge in [0, 0.05) is 12.1 Å². The smallest absolute Gasteiger partial charge is 0.224 e. The van der Waals surface area contributed by atoms with Crippen LogP contribution in [0.25, 0.3) is 0 Å². The van der Waals surface area contributed by atoms with Crippen molar-refractivity contribution >= 4 is 11.6 Å². The van der Waals surface area contributed by atoms with E-state index in [1.807, 2.05) is 30.3 Å². The molecule has 2 aromatic rings. The van der Waals surface area contributed by atoms with Gasteiger partial charge in [0.15, 0.2) is 0 Å². The molecule has 0 saturated heterocycles. The van der Waals surface area contributed by atoms with Gasteiger partial charge in [0.25, 0.3) is 0 Å². The molecule has 2 rings (SSSR count). The Morgan fingerprint density at radius 3 is 2.35 bits per heavy atom. The Kier molecular flexibility index (Phi) is 9.34. The highest BCUT2D eigenvalue weighted by molar-refractivity contribution is 5.90. The number of hydrogen-bond donors (Lipinski definition) is 1. The minimum absolute atomic E-state index is 0.0954. The lowest BCUT2D eigenvalue weighted by Crippen LogP contribution is -2.11. The number of aryl methyl sites for hydroxylation is 1. The Balaban J connectivity index is 1.62. The predicted octanol–water partition coefficient (Wildman–Crippen LogP) is 6.00. The molecule has 0 bridgehead atoms. The van der Waals surface area contributed by atoms with Crippen LogP contribution < -0.4 is 10.1 Å². The topological polar surface area (TPSA) is 38.3 Å². The zero-order valence-corrected chi connectivity index (χ0v) is 15.9. The molecule has 0 aliphatic rings. The van der Waals surface area contributed by atoms with Gasteiger partial charge in [0.2, 0.25) is 5.91 Å². The van der Waals surface area contributed by atoms with Crippen molar-refractivity contribution in [3.8, 4) is 5.75 Å². The minimum Gasteiger partial charge on any atom is -0.494 e. The summed E-state index contributed by atoms with van der Waals surface area (Å²) < 4.78 is 5.78. The van der Waals surface area contributed by atoms with E-state index in [-0.39, 0.29) is 5.91 Å². The lowest BCUT2D eigenvalue weighted by molar-refractivity contribution is -0.116. The van der Waals surface area contributed by atoms with Crippen molar-refractivity contribution in [1.29, 1.82) is 0 Å². The maximum absolute atomic E-state index is 11.9. The summed E-state index contributed by atoms with van der Waals surface area (Å²) >= 11 is 0. The minimum atomic E-state index is 0.0954. The number of ether oxygens (including phenoxy) is 1. The molecule has 2 aromatic carbocycles. The summed E-state index contributed by atoms with van der Waals surface area (Å²) in [6.45, 7) is 2.89. The third kappa shape index (κ3) is 8.19. The van der Waals surface area contributed by atoms with Crippen LogP contribution in [0.1, 0.15) is 57.4 Å². The molecule has 3 heteroatoms. The summed E-state index contributed by atoms with van der Waals surface area (Å²) in [5.74, 6) is 0.939. The second-order valence-electron chi connectivity index (χ2n) is 6.67. The largest absolute Gasteiger partial charge is 0.494 e. The molecule has 0 radical (unpaired) electrons. The first-order valence-electron chi connectivity index (χ1n) is 9.84. The van der Waals surface area contributed by atoms with E-state index in [4.69, 9.17) is 4.74 Å². The van der Waals surface area contributed by atoms with Gasteiger partial charge in [-0.15, -0.1) is 0 Å². The van der Waals surface area contributed by atoms with E-state index in [2.05, 4.69) is 36.5 Å². The van der Waals surface area contributed by atoms with Crippen molar-refractivity contribution in [3.63, 3.8) is 0 Å². The first-order valence-corrected chi connectivity index (χ1v) is 9.84. The quantitative estimate of drug-likeness (QED) is 0.475. The first-order chi connectivity index (χ1) is 12.8. The number of nitrogens with one attached hydrogen (secondary N) is 1. The average Bonchev–Trinajstić information content (AvgIpc) is 2.67. The Morgan fingerprint density at radius 2 is 1.62 bits per heavy atom. The molecule has 26 heavy (non-hydrogen) atoms. The zero-order chi connectivity index (χ0) is 18.5. The summed E-state index contributed by atoms with van der Waals surface area (Å²) in [7, 11) is 0. The molecule has 0 atom stereocenters. The lowest BCUT2D eigenvalue weighted by atomic mass is 10.1. The van der Waals surface area contributed by atoms with Crippen LogP contribution in [0.4, 0.5) is 5.69 Å². The van der Waals surface area contributed by atoms with Crippen molar-refractivity contribution in [1.82, 2.24) is 0 Å². The molecule has 3 nitrogen and oxygen atoms in total. The number of anilines is 1. The Morgan fingerprint density at radius 1 is 0.885 bits per heavy atom. The van der Waals surface area contributed by atoms with Gasteiger partial charge in [-0.2, -0.15) is 0 Å². The summed E-state index contributed by atoms with van der Waals surface area (Å²) in [6.07, 6.45) is 8.42. The molecule has 0 saturated carbocycles. The van der Waals surface area contributed by atoms with Gasteiger partial charge in [0.05, 0.1) is 6.61 Å². The van der Waals surface area contributed by atoms with E-state index in [0.29, 0.717) is 13.0 Å². The molecule has 0 aromatic heterocycles. The standard InChI is InChI=1S/C23H31NO2/c1-2-3-4-5-9-14-23(25)24-21-15-17-22(18-16-21)26-19-10-13-20-11-7-6-8-12-20/h6-8,11-12,15-18H,2-5,9-10,13-14,19H2,1H3,(H,24,25). The second-order valence-corrected chi connectivity index (χ2v) is 6.67. The van der Waals surface area contributed by atoms with Crippen LogP contribution in [0, 0.1) is 0 Å². The fraction of sp³-hybridized carbons (Fsp3) is 0.435. The summed E-state index contributed by atoms with van der Waals surface area (Å²) in [6, 6.07) is 18.1. The number of rotatable bonds is 12. The van der Waals surface area contributed by atoms with Gasteiger partial charge in [-0.05, 0) is 49.1 Å². The maximum Gasteiger partial charge on any atom is 0.224 e. The number of carbonyl (C=O) groups excluding carboxylic acids is 1. The Hall–Kier alpha value is -2.29. The maximum atomic E-state index is 11.9. The molecule has 0 spiro atoms. The van der Waals surface area contributed by atoms with Crippen molar-refractivity contribution in [3.05, 3.63) is 60.2 Å². The van der Waals surface area contributed by atoms with Crippen LogP contribution in [0.2, 0.25) is 0 Å². The average molecular weight is 354 g/mol. The van der Waals surface area contributed by atoms with E-state index in [0.717, 1.165) is 37.1 Å². The van der Waals surface area contributed by atoms with Crippen LogP contribution in [0.15, 0.2) is 54.6 Å².